The Labute approximate surface area is 79.8 Å². The number of thiazole rings is 1. The van der Waals surface area contributed by atoms with Gasteiger partial charge in [-0.2, -0.15) is 0 Å². The summed E-state index contributed by atoms with van der Waals surface area (Å²) in [6.07, 6.45) is 3.32. The summed E-state index contributed by atoms with van der Waals surface area (Å²) in [6, 6.07) is 0. The lowest BCUT2D eigenvalue weighted by Crippen LogP contribution is -2.03. The molecule has 0 bridgehead atoms. The first kappa shape index (κ1) is 8.71. The van der Waals surface area contributed by atoms with Gasteiger partial charge in [0.1, 0.15) is 11.2 Å². The second-order valence-corrected chi connectivity index (χ2v) is 5.66. The van der Waals surface area contributed by atoms with Gasteiger partial charge in [-0.05, 0) is 0 Å². The fourth-order valence-corrected chi connectivity index (χ4v) is 3.14. The number of aromatic nitrogens is 2. The molecule has 0 aliphatic heterocycles. The third-order valence-corrected chi connectivity index (χ3v) is 4.46. The fourth-order valence-electron chi connectivity index (χ4n) is 1.06. The van der Waals surface area contributed by atoms with Crippen LogP contribution in [0.25, 0.3) is 4.83 Å². The minimum atomic E-state index is -3.17. The second kappa shape index (κ2) is 2.81. The molecule has 4 nitrogen and oxygen atoms in total. The normalized spacial score (nSPS) is 12.4. The zero-order valence-electron chi connectivity index (χ0n) is 6.97. The Kier molecular flexibility index (Phi) is 1.88. The van der Waals surface area contributed by atoms with E-state index in [0.29, 0.717) is 4.83 Å². The van der Waals surface area contributed by atoms with E-state index in [1.165, 1.54) is 17.7 Å². The van der Waals surface area contributed by atoms with Crippen LogP contribution in [0.15, 0.2) is 22.9 Å². The quantitative estimate of drug-likeness (QED) is 0.757. The predicted molar refractivity (Wildman–Crippen MR) is 50.8 cm³/mol. The Bertz CT molecular complexity index is 523. The highest BCUT2D eigenvalue weighted by atomic mass is 32.2. The highest BCUT2D eigenvalue weighted by Crippen LogP contribution is 2.20. The Morgan fingerprint density at radius 2 is 2.38 bits per heavy atom. The van der Waals surface area contributed by atoms with Crippen LogP contribution in [-0.2, 0) is 9.84 Å². The third kappa shape index (κ3) is 1.26. The van der Waals surface area contributed by atoms with Crippen LogP contribution in [0.1, 0.15) is 6.92 Å². The van der Waals surface area contributed by atoms with Crippen molar-refractivity contribution in [1.29, 1.82) is 0 Å². The lowest BCUT2D eigenvalue weighted by atomic mass is 10.9. The number of sulfone groups is 1. The van der Waals surface area contributed by atoms with Crippen LogP contribution < -0.4 is 0 Å². The summed E-state index contributed by atoms with van der Waals surface area (Å²) in [7, 11) is -3.17. The molecule has 2 aromatic rings. The molecule has 2 rings (SSSR count). The third-order valence-electron chi connectivity index (χ3n) is 1.79. The summed E-state index contributed by atoms with van der Waals surface area (Å²) in [5, 5.41) is 2.04. The predicted octanol–water partition coefficient (Wildman–Crippen LogP) is 1.19. The number of nitrogens with zero attached hydrogens (tertiary/aromatic N) is 2. The van der Waals surface area contributed by atoms with Crippen LogP contribution in [-0.4, -0.2) is 23.6 Å². The van der Waals surface area contributed by atoms with Crippen LogP contribution in [0.3, 0.4) is 0 Å². The van der Waals surface area contributed by atoms with Gasteiger partial charge < -0.3 is 0 Å². The Hall–Kier alpha value is -0.880. The lowest BCUT2D eigenvalue weighted by Gasteiger charge is -1.93. The molecular weight excluding hydrogens is 208 g/mol. The zero-order valence-corrected chi connectivity index (χ0v) is 8.60. The van der Waals surface area contributed by atoms with E-state index < -0.39 is 9.84 Å². The summed E-state index contributed by atoms with van der Waals surface area (Å²) in [6.45, 7) is 1.62. The van der Waals surface area contributed by atoms with Crippen molar-refractivity contribution in [2.75, 3.05) is 5.75 Å². The highest BCUT2D eigenvalue weighted by Gasteiger charge is 2.18. The molecule has 0 aliphatic rings. The molecule has 0 saturated carbocycles. The standard InChI is InChI=1S/C7H8N2O2S2/c1-2-13(10,11)6-7-9(5-8-6)3-4-12-7/h3-5H,2H2,1H3. The minimum absolute atomic E-state index is 0.0948. The first-order valence-electron chi connectivity index (χ1n) is 3.78. The van der Waals surface area contributed by atoms with Crippen LogP contribution >= 0.6 is 11.3 Å². The van der Waals surface area contributed by atoms with Gasteiger partial charge >= 0.3 is 0 Å². The molecule has 0 aliphatic carbocycles. The average molecular weight is 216 g/mol. The van der Waals surface area contributed by atoms with Crippen LogP contribution in [0.4, 0.5) is 0 Å². The summed E-state index contributed by atoms with van der Waals surface area (Å²) in [4.78, 5) is 4.58. The van der Waals surface area contributed by atoms with Crippen molar-refractivity contribution in [3.05, 3.63) is 17.9 Å². The fraction of sp³-hybridized carbons (Fsp3) is 0.286. The van der Waals surface area contributed by atoms with Crippen molar-refractivity contribution >= 4 is 26.0 Å². The van der Waals surface area contributed by atoms with Crippen LogP contribution in [0, 0.1) is 0 Å². The molecule has 0 unspecified atom stereocenters. The first-order valence-corrected chi connectivity index (χ1v) is 6.31. The van der Waals surface area contributed by atoms with Crippen molar-refractivity contribution in [2.45, 2.75) is 11.9 Å². The summed E-state index contributed by atoms with van der Waals surface area (Å²) in [5.74, 6) is 0.0948. The van der Waals surface area contributed by atoms with Gasteiger partial charge in [0.05, 0.1) is 5.75 Å². The molecule has 0 radical (unpaired) electrons. The summed E-state index contributed by atoms with van der Waals surface area (Å²) in [5.41, 5.74) is 0. The van der Waals surface area contributed by atoms with Crippen molar-refractivity contribution in [2.24, 2.45) is 0 Å². The van der Waals surface area contributed by atoms with Gasteiger partial charge in [-0.3, -0.25) is 4.40 Å². The molecule has 2 heterocycles. The molecule has 0 aromatic carbocycles. The van der Waals surface area contributed by atoms with Crippen LogP contribution in [0.2, 0.25) is 0 Å². The van der Waals surface area contributed by atoms with E-state index in [4.69, 9.17) is 0 Å². The molecule has 2 aromatic heterocycles. The SMILES string of the molecule is CCS(=O)(=O)c1ncn2ccsc12. The smallest absolute Gasteiger partial charge is 0.198 e. The Morgan fingerprint density at radius 1 is 1.62 bits per heavy atom. The Balaban J connectivity index is 2.75. The van der Waals surface area contributed by atoms with Gasteiger partial charge in [-0.25, -0.2) is 13.4 Å². The van der Waals surface area contributed by atoms with E-state index in [9.17, 15) is 8.42 Å². The van der Waals surface area contributed by atoms with Gasteiger partial charge in [-0.15, -0.1) is 11.3 Å². The van der Waals surface area contributed by atoms with E-state index in [-0.39, 0.29) is 10.8 Å². The molecular formula is C7H8N2O2S2. The van der Waals surface area contributed by atoms with E-state index in [1.807, 2.05) is 5.38 Å². The molecule has 6 heteroatoms. The number of imidazole rings is 1. The molecule has 0 N–H and O–H groups in total. The van der Waals surface area contributed by atoms with Crippen molar-refractivity contribution in [1.82, 2.24) is 9.38 Å². The van der Waals surface area contributed by atoms with Crippen molar-refractivity contribution in [3.8, 4) is 0 Å². The summed E-state index contributed by atoms with van der Waals surface area (Å²) >= 11 is 1.38. The molecule has 0 saturated heterocycles. The van der Waals surface area contributed by atoms with Gasteiger partial charge in [0, 0.05) is 11.6 Å². The van der Waals surface area contributed by atoms with E-state index in [0.717, 1.165) is 0 Å². The molecule has 0 spiro atoms. The Morgan fingerprint density at radius 3 is 3.08 bits per heavy atom. The largest absolute Gasteiger partial charge is 0.296 e. The zero-order chi connectivity index (χ0) is 9.47. The van der Waals surface area contributed by atoms with Gasteiger partial charge in [0.25, 0.3) is 0 Å². The summed E-state index contributed by atoms with van der Waals surface area (Å²) < 4.78 is 24.7. The topological polar surface area (TPSA) is 51.4 Å². The van der Waals surface area contributed by atoms with Gasteiger partial charge in [0.15, 0.2) is 14.9 Å². The van der Waals surface area contributed by atoms with E-state index >= 15 is 0 Å². The van der Waals surface area contributed by atoms with E-state index in [2.05, 4.69) is 4.98 Å². The molecule has 70 valence electrons. The molecule has 0 fully saturated rings. The maximum atomic E-state index is 11.5. The highest BCUT2D eigenvalue weighted by molar-refractivity contribution is 7.91. The number of fused-ring (bicyclic) bond motifs is 1. The lowest BCUT2D eigenvalue weighted by molar-refractivity contribution is 0.595. The average Bonchev–Trinajstić information content (AvgIpc) is 2.62. The maximum absolute atomic E-state index is 11.5. The van der Waals surface area contributed by atoms with Crippen molar-refractivity contribution in [3.63, 3.8) is 0 Å². The minimum Gasteiger partial charge on any atom is -0.296 e. The number of rotatable bonds is 2. The first-order chi connectivity index (χ1) is 6.15. The number of hydrogen-bond donors (Lipinski definition) is 0. The van der Waals surface area contributed by atoms with Gasteiger partial charge in [0.2, 0.25) is 0 Å². The van der Waals surface area contributed by atoms with E-state index in [1.54, 1.807) is 17.5 Å². The van der Waals surface area contributed by atoms with Crippen molar-refractivity contribution < 1.29 is 8.42 Å². The van der Waals surface area contributed by atoms with Crippen LogP contribution in [0.5, 0.6) is 0 Å². The number of hydrogen-bond acceptors (Lipinski definition) is 4. The maximum Gasteiger partial charge on any atom is 0.198 e. The monoisotopic (exact) mass is 216 g/mol. The molecule has 0 amide bonds. The van der Waals surface area contributed by atoms with Gasteiger partial charge in [-0.1, -0.05) is 6.92 Å². The second-order valence-electron chi connectivity index (χ2n) is 2.57. The molecule has 0 atom stereocenters. The molecule has 13 heavy (non-hydrogen) atoms.